The normalized spacial score (nSPS) is 20.6. The lowest BCUT2D eigenvalue weighted by Gasteiger charge is -2.35. The van der Waals surface area contributed by atoms with Crippen molar-refractivity contribution in [2.24, 2.45) is 0 Å². The van der Waals surface area contributed by atoms with Gasteiger partial charge in [0.05, 0.1) is 0 Å². The summed E-state index contributed by atoms with van der Waals surface area (Å²) in [6, 6.07) is 10.7. The number of nitrogens with one attached hydrogen (secondary N) is 1. The fourth-order valence-electron chi connectivity index (χ4n) is 2.12. The summed E-state index contributed by atoms with van der Waals surface area (Å²) in [7, 11) is 0. The van der Waals surface area contributed by atoms with Crippen molar-refractivity contribution < 1.29 is 0 Å². The molecule has 1 heterocycles. The van der Waals surface area contributed by atoms with Gasteiger partial charge in [0.2, 0.25) is 0 Å². The summed E-state index contributed by atoms with van der Waals surface area (Å²) in [6.07, 6.45) is 3.82. The average Bonchev–Trinajstić information content (AvgIpc) is 2.31. The van der Waals surface area contributed by atoms with Crippen molar-refractivity contribution >= 4 is 23.0 Å². The maximum Gasteiger partial charge on any atom is 0.173 e. The van der Waals surface area contributed by atoms with E-state index in [0.717, 1.165) is 17.3 Å². The largest absolute Gasteiger partial charge is 0.346 e. The second-order valence-corrected chi connectivity index (χ2v) is 4.72. The van der Waals surface area contributed by atoms with Gasteiger partial charge >= 0.3 is 0 Å². The minimum Gasteiger partial charge on any atom is -0.346 e. The third-order valence-electron chi connectivity index (χ3n) is 3.09. The number of likely N-dealkylation sites (tertiary alicyclic amines) is 1. The Morgan fingerprint density at radius 1 is 1.31 bits per heavy atom. The molecule has 0 bridgehead atoms. The molecular weight excluding hydrogens is 216 g/mol. The van der Waals surface area contributed by atoms with Crippen LogP contribution in [0.4, 0.5) is 5.69 Å². The van der Waals surface area contributed by atoms with E-state index >= 15 is 0 Å². The minimum absolute atomic E-state index is 0.567. The zero-order chi connectivity index (χ0) is 11.4. The SMILES string of the molecule is C[C@H]1CCCCN1C(=S)Nc1ccccc1. The summed E-state index contributed by atoms with van der Waals surface area (Å²) in [5.74, 6) is 0. The van der Waals surface area contributed by atoms with Gasteiger partial charge in [-0.15, -0.1) is 0 Å². The van der Waals surface area contributed by atoms with Crippen LogP contribution >= 0.6 is 12.2 Å². The van der Waals surface area contributed by atoms with Crippen LogP contribution in [-0.2, 0) is 0 Å². The van der Waals surface area contributed by atoms with E-state index in [4.69, 9.17) is 12.2 Å². The molecule has 0 radical (unpaired) electrons. The van der Waals surface area contributed by atoms with Crippen molar-refractivity contribution in [1.29, 1.82) is 0 Å². The molecule has 1 N–H and O–H groups in total. The molecule has 1 atom stereocenters. The molecule has 3 heteroatoms. The molecule has 0 saturated carbocycles. The number of piperidine rings is 1. The summed E-state index contributed by atoms with van der Waals surface area (Å²) in [5, 5.41) is 4.16. The molecule has 2 rings (SSSR count). The highest BCUT2D eigenvalue weighted by atomic mass is 32.1. The van der Waals surface area contributed by atoms with Gasteiger partial charge in [-0.25, -0.2) is 0 Å². The molecule has 16 heavy (non-hydrogen) atoms. The van der Waals surface area contributed by atoms with Gasteiger partial charge in [-0.05, 0) is 50.5 Å². The Hall–Kier alpha value is -1.09. The van der Waals surface area contributed by atoms with Crippen molar-refractivity contribution in [3.05, 3.63) is 30.3 Å². The summed E-state index contributed by atoms with van der Waals surface area (Å²) in [6.45, 7) is 3.33. The van der Waals surface area contributed by atoms with Crippen LogP contribution in [0.1, 0.15) is 26.2 Å². The van der Waals surface area contributed by atoms with Crippen LogP contribution in [0.2, 0.25) is 0 Å². The van der Waals surface area contributed by atoms with E-state index in [1.54, 1.807) is 0 Å². The van der Waals surface area contributed by atoms with Crippen molar-refractivity contribution in [2.45, 2.75) is 32.2 Å². The van der Waals surface area contributed by atoms with Gasteiger partial charge in [-0.2, -0.15) is 0 Å². The Balaban J connectivity index is 1.97. The van der Waals surface area contributed by atoms with Crippen molar-refractivity contribution in [1.82, 2.24) is 4.90 Å². The average molecular weight is 234 g/mol. The van der Waals surface area contributed by atoms with Crippen LogP contribution < -0.4 is 5.32 Å². The van der Waals surface area contributed by atoms with E-state index in [1.807, 2.05) is 30.3 Å². The number of nitrogens with zero attached hydrogens (tertiary/aromatic N) is 1. The molecule has 1 aromatic carbocycles. The molecule has 1 aliphatic rings. The van der Waals surface area contributed by atoms with E-state index < -0.39 is 0 Å². The summed E-state index contributed by atoms with van der Waals surface area (Å²) in [4.78, 5) is 2.30. The fraction of sp³-hybridized carbons (Fsp3) is 0.462. The van der Waals surface area contributed by atoms with Gasteiger partial charge < -0.3 is 10.2 Å². The second kappa shape index (κ2) is 5.30. The number of hydrogen-bond acceptors (Lipinski definition) is 1. The molecule has 1 aromatic rings. The number of benzene rings is 1. The van der Waals surface area contributed by atoms with E-state index in [-0.39, 0.29) is 0 Å². The molecular formula is C13H18N2S. The van der Waals surface area contributed by atoms with Crippen LogP contribution in [0, 0.1) is 0 Å². The molecule has 1 fully saturated rings. The number of thiocarbonyl (C=S) groups is 1. The first-order chi connectivity index (χ1) is 7.77. The van der Waals surface area contributed by atoms with E-state index in [2.05, 4.69) is 17.1 Å². The highest BCUT2D eigenvalue weighted by Gasteiger charge is 2.20. The van der Waals surface area contributed by atoms with Crippen LogP contribution in [0.25, 0.3) is 0 Å². The number of hydrogen-bond donors (Lipinski definition) is 1. The smallest absolute Gasteiger partial charge is 0.173 e. The second-order valence-electron chi connectivity index (χ2n) is 4.33. The molecule has 86 valence electrons. The van der Waals surface area contributed by atoms with Gasteiger partial charge in [0.25, 0.3) is 0 Å². The summed E-state index contributed by atoms with van der Waals surface area (Å²) >= 11 is 5.45. The number of anilines is 1. The topological polar surface area (TPSA) is 15.3 Å². The van der Waals surface area contributed by atoms with Crippen LogP contribution in [0.15, 0.2) is 30.3 Å². The highest BCUT2D eigenvalue weighted by molar-refractivity contribution is 7.80. The Morgan fingerprint density at radius 2 is 2.06 bits per heavy atom. The van der Waals surface area contributed by atoms with E-state index in [9.17, 15) is 0 Å². The lowest BCUT2D eigenvalue weighted by Crippen LogP contribution is -2.44. The third kappa shape index (κ3) is 2.73. The summed E-state index contributed by atoms with van der Waals surface area (Å²) in [5.41, 5.74) is 1.07. The van der Waals surface area contributed by atoms with Crippen LogP contribution in [0.3, 0.4) is 0 Å². The maximum atomic E-state index is 5.45. The lowest BCUT2D eigenvalue weighted by atomic mass is 10.0. The highest BCUT2D eigenvalue weighted by Crippen LogP contribution is 2.18. The zero-order valence-corrected chi connectivity index (χ0v) is 10.5. The van der Waals surface area contributed by atoms with Gasteiger partial charge in [-0.1, -0.05) is 18.2 Å². The third-order valence-corrected chi connectivity index (χ3v) is 3.43. The first-order valence-corrected chi connectivity index (χ1v) is 6.31. The minimum atomic E-state index is 0.567. The Bertz CT molecular complexity index is 350. The van der Waals surface area contributed by atoms with Gasteiger partial charge in [-0.3, -0.25) is 0 Å². The van der Waals surface area contributed by atoms with Gasteiger partial charge in [0.1, 0.15) is 0 Å². The Kier molecular flexibility index (Phi) is 3.78. The van der Waals surface area contributed by atoms with Crippen molar-refractivity contribution in [2.75, 3.05) is 11.9 Å². The molecule has 2 nitrogen and oxygen atoms in total. The van der Waals surface area contributed by atoms with Crippen molar-refractivity contribution in [3.8, 4) is 0 Å². The predicted octanol–water partition coefficient (Wildman–Crippen LogP) is 3.26. The fourth-order valence-corrected chi connectivity index (χ4v) is 2.51. The first kappa shape index (κ1) is 11.4. The van der Waals surface area contributed by atoms with Crippen molar-refractivity contribution in [3.63, 3.8) is 0 Å². The molecule has 0 aromatic heterocycles. The monoisotopic (exact) mass is 234 g/mol. The Labute approximate surface area is 103 Å². The van der Waals surface area contributed by atoms with Gasteiger partial charge in [0, 0.05) is 18.3 Å². The molecule has 1 aliphatic heterocycles. The standard InChI is InChI=1S/C13H18N2S/c1-11-7-5-6-10-15(11)13(16)14-12-8-3-2-4-9-12/h2-4,8-9,11H,5-7,10H2,1H3,(H,14,16)/t11-/m0/s1. The van der Waals surface area contributed by atoms with E-state index in [1.165, 1.54) is 19.3 Å². The Morgan fingerprint density at radius 3 is 2.75 bits per heavy atom. The van der Waals surface area contributed by atoms with Crippen LogP contribution in [-0.4, -0.2) is 22.6 Å². The first-order valence-electron chi connectivity index (χ1n) is 5.90. The molecule has 0 amide bonds. The summed E-state index contributed by atoms with van der Waals surface area (Å²) < 4.78 is 0. The lowest BCUT2D eigenvalue weighted by molar-refractivity contribution is 0.262. The number of rotatable bonds is 1. The van der Waals surface area contributed by atoms with Crippen LogP contribution in [0.5, 0.6) is 0 Å². The molecule has 0 spiro atoms. The number of para-hydroxylation sites is 1. The quantitative estimate of drug-likeness (QED) is 0.751. The predicted molar refractivity (Wildman–Crippen MR) is 72.7 cm³/mol. The van der Waals surface area contributed by atoms with E-state index in [0.29, 0.717) is 6.04 Å². The van der Waals surface area contributed by atoms with Gasteiger partial charge in [0.15, 0.2) is 5.11 Å². The molecule has 1 saturated heterocycles. The molecule has 0 aliphatic carbocycles. The maximum absolute atomic E-state index is 5.45. The molecule has 0 unspecified atom stereocenters. The zero-order valence-electron chi connectivity index (χ0n) is 9.65.